The molecule has 0 spiro atoms. The molecule has 0 aliphatic rings. The Kier molecular flexibility index (Phi) is 8.49. The van der Waals surface area contributed by atoms with Crippen molar-refractivity contribution in [3.63, 3.8) is 0 Å². The molecule has 3 aromatic carbocycles. The smallest absolute Gasteiger partial charge is 0.257 e. The van der Waals surface area contributed by atoms with E-state index in [9.17, 15) is 4.79 Å². The maximum atomic E-state index is 12.1. The lowest BCUT2D eigenvalue weighted by Crippen LogP contribution is -2.30. The number of carbonyl (C=O) groups is 1. The summed E-state index contributed by atoms with van der Waals surface area (Å²) < 4.78 is 11.4. The van der Waals surface area contributed by atoms with Gasteiger partial charge in [-0.3, -0.25) is 10.2 Å². The molecule has 0 atom stereocenters. The minimum absolute atomic E-state index is 0.0716. The van der Waals surface area contributed by atoms with Crippen molar-refractivity contribution in [2.24, 2.45) is 5.10 Å². The van der Waals surface area contributed by atoms with Crippen molar-refractivity contribution in [2.75, 3.05) is 25.2 Å². The van der Waals surface area contributed by atoms with Crippen LogP contribution in [0.4, 0.5) is 5.69 Å². The van der Waals surface area contributed by atoms with E-state index in [-0.39, 0.29) is 12.5 Å². The van der Waals surface area contributed by atoms with E-state index in [0.717, 1.165) is 17.7 Å². The first-order chi connectivity index (χ1) is 15.2. The Morgan fingerprint density at radius 3 is 2.42 bits per heavy atom. The summed E-state index contributed by atoms with van der Waals surface area (Å²) in [6, 6.07) is 25.2. The first-order valence-electron chi connectivity index (χ1n) is 10.3. The third-order valence-electron chi connectivity index (χ3n) is 4.39. The van der Waals surface area contributed by atoms with Gasteiger partial charge in [-0.05, 0) is 54.8 Å². The van der Waals surface area contributed by atoms with Crippen LogP contribution in [0.3, 0.4) is 0 Å². The largest absolute Gasteiger partial charge is 0.490 e. The highest BCUT2D eigenvalue weighted by molar-refractivity contribution is 5.81. The van der Waals surface area contributed by atoms with Gasteiger partial charge < -0.3 is 14.8 Å². The summed E-state index contributed by atoms with van der Waals surface area (Å²) in [5.41, 5.74) is 5.91. The highest BCUT2D eigenvalue weighted by atomic mass is 16.5. The lowest BCUT2D eigenvalue weighted by Gasteiger charge is -2.12. The number of benzene rings is 3. The predicted molar refractivity (Wildman–Crippen MR) is 124 cm³/mol. The van der Waals surface area contributed by atoms with E-state index in [1.54, 1.807) is 12.3 Å². The zero-order chi connectivity index (χ0) is 21.7. The van der Waals surface area contributed by atoms with E-state index < -0.39 is 0 Å². The van der Waals surface area contributed by atoms with Gasteiger partial charge >= 0.3 is 0 Å². The Balaban J connectivity index is 1.51. The molecule has 0 bridgehead atoms. The molecule has 0 radical (unpaired) electrons. The van der Waals surface area contributed by atoms with Crippen molar-refractivity contribution in [3.8, 4) is 11.5 Å². The summed E-state index contributed by atoms with van der Waals surface area (Å²) in [4.78, 5) is 12.1. The zero-order valence-electron chi connectivity index (χ0n) is 17.6. The molecule has 0 heterocycles. The molecule has 0 aliphatic carbocycles. The first kappa shape index (κ1) is 21.9. The van der Waals surface area contributed by atoms with Crippen molar-refractivity contribution in [3.05, 3.63) is 90.0 Å². The van der Waals surface area contributed by atoms with Gasteiger partial charge in [0.15, 0.2) is 18.1 Å². The molecule has 6 nitrogen and oxygen atoms in total. The molecule has 2 N–H and O–H groups in total. The maximum Gasteiger partial charge on any atom is 0.257 e. The molecule has 0 aliphatic heterocycles. The van der Waals surface area contributed by atoms with Gasteiger partial charge in [0.25, 0.3) is 5.91 Å². The molecular weight excluding hydrogens is 390 g/mol. The second kappa shape index (κ2) is 12.0. The van der Waals surface area contributed by atoms with E-state index in [0.29, 0.717) is 24.7 Å². The molecule has 6 heteroatoms. The number of rotatable bonds is 11. The fraction of sp³-hybridized carbons (Fsp3) is 0.200. The third kappa shape index (κ3) is 7.51. The van der Waals surface area contributed by atoms with Crippen molar-refractivity contribution >= 4 is 17.8 Å². The molecule has 160 valence electrons. The van der Waals surface area contributed by atoms with Crippen LogP contribution in [0.5, 0.6) is 11.5 Å². The highest BCUT2D eigenvalue weighted by Gasteiger charge is 2.09. The average molecular weight is 418 g/mol. The SMILES string of the molecule is CCOc1cc(C=NNc2ccccc2)ccc1OCC(=O)NCCc1ccccc1. The summed E-state index contributed by atoms with van der Waals surface area (Å²) in [6.45, 7) is 2.88. The van der Waals surface area contributed by atoms with E-state index in [4.69, 9.17) is 9.47 Å². The van der Waals surface area contributed by atoms with Crippen molar-refractivity contribution in [2.45, 2.75) is 13.3 Å². The van der Waals surface area contributed by atoms with Gasteiger partial charge in [0.2, 0.25) is 0 Å². The number of hydrogen-bond acceptors (Lipinski definition) is 5. The lowest BCUT2D eigenvalue weighted by molar-refractivity contribution is -0.123. The van der Waals surface area contributed by atoms with E-state index in [1.165, 1.54) is 5.56 Å². The van der Waals surface area contributed by atoms with Crippen LogP contribution in [0.1, 0.15) is 18.1 Å². The third-order valence-corrected chi connectivity index (χ3v) is 4.39. The number of hydrazone groups is 1. The number of hydrogen-bond donors (Lipinski definition) is 2. The molecule has 0 saturated carbocycles. The maximum absolute atomic E-state index is 12.1. The van der Waals surface area contributed by atoms with Crippen LogP contribution in [0.25, 0.3) is 0 Å². The Bertz CT molecular complexity index is 976. The van der Waals surface area contributed by atoms with Gasteiger partial charge in [0.1, 0.15) is 0 Å². The summed E-state index contributed by atoms with van der Waals surface area (Å²) in [6.07, 6.45) is 2.48. The van der Waals surface area contributed by atoms with Crippen LogP contribution in [0, 0.1) is 0 Å². The fourth-order valence-electron chi connectivity index (χ4n) is 2.87. The van der Waals surface area contributed by atoms with Crippen LogP contribution < -0.4 is 20.2 Å². The molecule has 0 aromatic heterocycles. The molecule has 0 saturated heterocycles. The summed E-state index contributed by atoms with van der Waals surface area (Å²) in [5, 5.41) is 7.11. The van der Waals surface area contributed by atoms with E-state index in [1.807, 2.05) is 79.7 Å². The monoisotopic (exact) mass is 417 g/mol. The zero-order valence-corrected chi connectivity index (χ0v) is 17.6. The Morgan fingerprint density at radius 2 is 1.68 bits per heavy atom. The number of ether oxygens (including phenoxy) is 2. The van der Waals surface area contributed by atoms with Crippen molar-refractivity contribution < 1.29 is 14.3 Å². The van der Waals surface area contributed by atoms with Crippen LogP contribution in [0.2, 0.25) is 0 Å². The Labute approximate surface area is 182 Å². The first-order valence-corrected chi connectivity index (χ1v) is 10.3. The lowest BCUT2D eigenvalue weighted by atomic mass is 10.1. The highest BCUT2D eigenvalue weighted by Crippen LogP contribution is 2.28. The van der Waals surface area contributed by atoms with Gasteiger partial charge in [-0.15, -0.1) is 0 Å². The number of nitrogens with zero attached hydrogens (tertiary/aromatic N) is 1. The summed E-state index contributed by atoms with van der Waals surface area (Å²) in [5.74, 6) is 0.924. The summed E-state index contributed by atoms with van der Waals surface area (Å²) >= 11 is 0. The van der Waals surface area contributed by atoms with Gasteiger partial charge in [0.05, 0.1) is 18.5 Å². The molecule has 0 unspecified atom stereocenters. The Morgan fingerprint density at radius 1 is 0.935 bits per heavy atom. The van der Waals surface area contributed by atoms with Gasteiger partial charge in [0, 0.05) is 6.54 Å². The van der Waals surface area contributed by atoms with Gasteiger partial charge in [-0.1, -0.05) is 48.5 Å². The fourth-order valence-corrected chi connectivity index (χ4v) is 2.87. The number of anilines is 1. The topological polar surface area (TPSA) is 71.9 Å². The van der Waals surface area contributed by atoms with Gasteiger partial charge in [-0.25, -0.2) is 0 Å². The van der Waals surface area contributed by atoms with Crippen molar-refractivity contribution in [1.29, 1.82) is 0 Å². The minimum Gasteiger partial charge on any atom is -0.490 e. The number of para-hydroxylation sites is 1. The second-order valence-corrected chi connectivity index (χ2v) is 6.75. The van der Waals surface area contributed by atoms with Gasteiger partial charge in [-0.2, -0.15) is 5.10 Å². The standard InChI is InChI=1S/C25H27N3O3/c1-2-30-24-17-21(18-27-28-22-11-7-4-8-12-22)13-14-23(24)31-19-25(29)26-16-15-20-9-5-3-6-10-20/h3-14,17-18,28H,2,15-16,19H2,1H3,(H,26,29). The predicted octanol–water partition coefficient (Wildman–Crippen LogP) is 4.27. The van der Waals surface area contributed by atoms with Crippen molar-refractivity contribution in [1.82, 2.24) is 5.32 Å². The Hall–Kier alpha value is -3.80. The average Bonchev–Trinajstić information content (AvgIpc) is 2.80. The molecule has 31 heavy (non-hydrogen) atoms. The van der Waals surface area contributed by atoms with Crippen LogP contribution in [0.15, 0.2) is 84.0 Å². The second-order valence-electron chi connectivity index (χ2n) is 6.75. The summed E-state index contributed by atoms with van der Waals surface area (Å²) in [7, 11) is 0. The number of nitrogens with one attached hydrogen (secondary N) is 2. The van der Waals surface area contributed by atoms with E-state index in [2.05, 4.69) is 15.8 Å². The molecule has 3 aromatic rings. The van der Waals surface area contributed by atoms with E-state index >= 15 is 0 Å². The normalized spacial score (nSPS) is 10.6. The molecular formula is C25H27N3O3. The quantitative estimate of drug-likeness (QED) is 0.361. The minimum atomic E-state index is -0.170. The molecule has 0 fully saturated rings. The number of amides is 1. The van der Waals surface area contributed by atoms with Crippen LogP contribution in [-0.2, 0) is 11.2 Å². The van der Waals surface area contributed by atoms with Crippen LogP contribution in [-0.4, -0.2) is 31.9 Å². The molecule has 3 rings (SSSR count). The molecule has 1 amide bonds. The van der Waals surface area contributed by atoms with Crippen LogP contribution >= 0.6 is 0 Å². The number of carbonyl (C=O) groups excluding carboxylic acids is 1.